The quantitative estimate of drug-likeness (QED) is 0.374. The largest absolute Gasteiger partial charge is 0.355 e. The minimum Gasteiger partial charge on any atom is -0.355 e. The summed E-state index contributed by atoms with van der Waals surface area (Å²) >= 11 is 7.80. The number of carbonyl (C=O) groups excluding carboxylic acids is 2. The molecule has 3 aromatic carbocycles. The van der Waals surface area contributed by atoms with Gasteiger partial charge in [0.05, 0.1) is 5.75 Å². The molecule has 0 spiro atoms. The van der Waals surface area contributed by atoms with E-state index in [2.05, 4.69) is 5.32 Å². The third-order valence-corrected chi connectivity index (χ3v) is 7.00. The average molecular weight is 495 g/mol. The third kappa shape index (κ3) is 7.37. The van der Waals surface area contributed by atoms with E-state index in [1.807, 2.05) is 92.7 Å². The molecule has 3 aromatic rings. The van der Waals surface area contributed by atoms with Crippen LogP contribution in [0.4, 0.5) is 0 Å². The Labute approximate surface area is 211 Å². The molecule has 6 heteroatoms. The molecule has 4 nitrogen and oxygen atoms in total. The Kier molecular flexibility index (Phi) is 10.0. The third-order valence-electron chi connectivity index (χ3n) is 5.66. The number of rotatable bonds is 11. The molecule has 1 atom stereocenters. The zero-order chi connectivity index (χ0) is 24.3. The first kappa shape index (κ1) is 25.9. The Morgan fingerprint density at radius 3 is 2.26 bits per heavy atom. The minimum absolute atomic E-state index is 0.0625. The maximum absolute atomic E-state index is 13.6. The molecule has 0 aliphatic heterocycles. The van der Waals surface area contributed by atoms with Gasteiger partial charge in [-0.05, 0) is 42.2 Å². The Balaban J connectivity index is 1.84. The van der Waals surface area contributed by atoms with E-state index in [-0.39, 0.29) is 17.6 Å². The maximum atomic E-state index is 13.6. The fourth-order valence-electron chi connectivity index (χ4n) is 3.76. The van der Waals surface area contributed by atoms with Crippen LogP contribution in [0.2, 0.25) is 5.02 Å². The number of amides is 2. The van der Waals surface area contributed by atoms with Gasteiger partial charge >= 0.3 is 0 Å². The second-order valence-electron chi connectivity index (χ2n) is 8.13. The van der Waals surface area contributed by atoms with Crippen LogP contribution in [0.15, 0.2) is 78.9 Å². The highest BCUT2D eigenvalue weighted by atomic mass is 35.5. The molecule has 0 aromatic heterocycles. The first-order valence-electron chi connectivity index (χ1n) is 11.5. The van der Waals surface area contributed by atoms with Crippen molar-refractivity contribution in [3.05, 3.63) is 106 Å². The molecule has 0 unspecified atom stereocenters. The average Bonchev–Trinajstić information content (AvgIpc) is 2.84. The summed E-state index contributed by atoms with van der Waals surface area (Å²) in [7, 11) is 0. The fourth-order valence-corrected chi connectivity index (χ4v) is 4.96. The SMILES string of the molecule is CCNC(=O)[C@H](Cc1ccccc1)N(Cc1ccccc1C)C(=O)CSCc1ccccc1Cl. The zero-order valence-electron chi connectivity index (χ0n) is 19.7. The summed E-state index contributed by atoms with van der Waals surface area (Å²) in [6.45, 7) is 4.82. The van der Waals surface area contributed by atoms with E-state index in [0.717, 1.165) is 22.3 Å². The van der Waals surface area contributed by atoms with Crippen molar-refractivity contribution in [2.75, 3.05) is 12.3 Å². The van der Waals surface area contributed by atoms with Crippen LogP contribution in [-0.4, -0.2) is 35.1 Å². The van der Waals surface area contributed by atoms with Crippen molar-refractivity contribution >= 4 is 35.2 Å². The van der Waals surface area contributed by atoms with Crippen LogP contribution < -0.4 is 5.32 Å². The van der Waals surface area contributed by atoms with E-state index in [4.69, 9.17) is 11.6 Å². The van der Waals surface area contributed by atoms with Crippen molar-refractivity contribution in [1.82, 2.24) is 10.2 Å². The zero-order valence-corrected chi connectivity index (χ0v) is 21.2. The van der Waals surface area contributed by atoms with Gasteiger partial charge in [0.15, 0.2) is 0 Å². The molecular weight excluding hydrogens is 464 g/mol. The highest BCUT2D eigenvalue weighted by Crippen LogP contribution is 2.23. The van der Waals surface area contributed by atoms with Gasteiger partial charge in [-0.2, -0.15) is 0 Å². The van der Waals surface area contributed by atoms with Gasteiger partial charge in [0.1, 0.15) is 6.04 Å². The first-order chi connectivity index (χ1) is 16.5. The number of hydrogen-bond donors (Lipinski definition) is 1. The number of nitrogens with zero attached hydrogens (tertiary/aromatic N) is 1. The van der Waals surface area contributed by atoms with Crippen LogP contribution in [0.1, 0.15) is 29.2 Å². The molecule has 0 aliphatic rings. The van der Waals surface area contributed by atoms with E-state index < -0.39 is 6.04 Å². The number of carbonyl (C=O) groups is 2. The van der Waals surface area contributed by atoms with E-state index >= 15 is 0 Å². The monoisotopic (exact) mass is 494 g/mol. The molecule has 1 N–H and O–H groups in total. The summed E-state index contributed by atoms with van der Waals surface area (Å²) in [5.41, 5.74) is 4.15. The van der Waals surface area contributed by atoms with E-state index in [0.29, 0.717) is 30.3 Å². The number of aryl methyl sites for hydroxylation is 1. The maximum Gasteiger partial charge on any atom is 0.243 e. The molecule has 0 radical (unpaired) electrons. The standard InChI is InChI=1S/C28H31ClN2O2S/c1-3-30-28(33)26(17-22-12-5-4-6-13-22)31(18-23-14-8-7-11-21(23)2)27(32)20-34-19-24-15-9-10-16-25(24)29/h4-16,26H,3,17-20H2,1-2H3,(H,30,33)/t26-/m0/s1. The van der Waals surface area contributed by atoms with Gasteiger partial charge in [-0.1, -0.05) is 84.4 Å². The summed E-state index contributed by atoms with van der Waals surface area (Å²) in [6, 6.07) is 24.9. The van der Waals surface area contributed by atoms with Crippen molar-refractivity contribution in [2.45, 2.75) is 38.6 Å². The van der Waals surface area contributed by atoms with E-state index in [1.54, 1.807) is 4.90 Å². The molecule has 178 valence electrons. The van der Waals surface area contributed by atoms with Crippen LogP contribution in [0.25, 0.3) is 0 Å². The molecule has 2 amide bonds. The summed E-state index contributed by atoms with van der Waals surface area (Å²) in [4.78, 5) is 28.5. The second kappa shape index (κ2) is 13.2. The van der Waals surface area contributed by atoms with Gasteiger partial charge in [0, 0.05) is 30.3 Å². The number of hydrogen-bond acceptors (Lipinski definition) is 3. The summed E-state index contributed by atoms with van der Waals surface area (Å²) < 4.78 is 0. The van der Waals surface area contributed by atoms with Crippen molar-refractivity contribution in [3.63, 3.8) is 0 Å². The predicted molar refractivity (Wildman–Crippen MR) is 142 cm³/mol. The van der Waals surface area contributed by atoms with Crippen LogP contribution in [-0.2, 0) is 28.3 Å². The number of thioether (sulfide) groups is 1. The van der Waals surface area contributed by atoms with Crippen LogP contribution >= 0.6 is 23.4 Å². The summed E-state index contributed by atoms with van der Waals surface area (Å²) in [6.07, 6.45) is 0.458. The van der Waals surface area contributed by atoms with Crippen LogP contribution in [0, 0.1) is 6.92 Å². The van der Waals surface area contributed by atoms with Crippen molar-refractivity contribution in [1.29, 1.82) is 0 Å². The topological polar surface area (TPSA) is 49.4 Å². The molecular formula is C28H31ClN2O2S. The van der Waals surface area contributed by atoms with E-state index in [9.17, 15) is 9.59 Å². The molecule has 0 heterocycles. The van der Waals surface area contributed by atoms with Crippen molar-refractivity contribution < 1.29 is 9.59 Å². The van der Waals surface area contributed by atoms with Gasteiger partial charge in [-0.15, -0.1) is 11.8 Å². The van der Waals surface area contributed by atoms with Crippen molar-refractivity contribution in [2.24, 2.45) is 0 Å². The lowest BCUT2D eigenvalue weighted by Gasteiger charge is -2.32. The predicted octanol–water partition coefficient (Wildman–Crippen LogP) is 5.66. The Morgan fingerprint density at radius 2 is 1.59 bits per heavy atom. The molecule has 34 heavy (non-hydrogen) atoms. The number of halogens is 1. The van der Waals surface area contributed by atoms with Crippen LogP contribution in [0.5, 0.6) is 0 Å². The molecule has 3 rings (SSSR count). The number of likely N-dealkylation sites (N-methyl/N-ethyl adjacent to an activating group) is 1. The van der Waals surface area contributed by atoms with Gasteiger partial charge in [0.25, 0.3) is 0 Å². The fraction of sp³-hybridized carbons (Fsp3) is 0.286. The molecule has 0 fully saturated rings. The van der Waals surface area contributed by atoms with Gasteiger partial charge in [-0.25, -0.2) is 0 Å². The summed E-state index contributed by atoms with van der Waals surface area (Å²) in [5, 5.41) is 3.63. The van der Waals surface area contributed by atoms with Gasteiger partial charge < -0.3 is 10.2 Å². The Morgan fingerprint density at radius 1 is 0.941 bits per heavy atom. The lowest BCUT2D eigenvalue weighted by molar-refractivity contribution is -0.139. The van der Waals surface area contributed by atoms with Gasteiger partial charge in [-0.3, -0.25) is 9.59 Å². The molecule has 0 aliphatic carbocycles. The molecule has 0 bridgehead atoms. The smallest absolute Gasteiger partial charge is 0.243 e. The summed E-state index contributed by atoms with van der Waals surface area (Å²) in [5.74, 6) is 0.701. The molecule has 0 saturated carbocycles. The molecule has 0 saturated heterocycles. The Bertz CT molecular complexity index is 1090. The highest BCUT2D eigenvalue weighted by molar-refractivity contribution is 7.99. The minimum atomic E-state index is -0.602. The van der Waals surface area contributed by atoms with Gasteiger partial charge in [0.2, 0.25) is 11.8 Å². The second-order valence-corrected chi connectivity index (χ2v) is 9.53. The van der Waals surface area contributed by atoms with Crippen molar-refractivity contribution in [3.8, 4) is 0 Å². The number of benzene rings is 3. The van der Waals surface area contributed by atoms with Crippen LogP contribution in [0.3, 0.4) is 0 Å². The van der Waals surface area contributed by atoms with E-state index in [1.165, 1.54) is 11.8 Å². The Hall–Kier alpha value is -2.76. The normalized spacial score (nSPS) is 11.6. The lowest BCUT2D eigenvalue weighted by atomic mass is 10.0. The number of nitrogens with one attached hydrogen (secondary N) is 1. The highest BCUT2D eigenvalue weighted by Gasteiger charge is 2.30. The lowest BCUT2D eigenvalue weighted by Crippen LogP contribution is -2.51. The first-order valence-corrected chi connectivity index (χ1v) is 13.0.